The van der Waals surface area contributed by atoms with Gasteiger partial charge in [0.05, 0.1) is 40.1 Å². The Morgan fingerprint density at radius 1 is 0.975 bits per heavy atom. The van der Waals surface area contributed by atoms with Crippen LogP contribution in [0.15, 0.2) is 62.5 Å². The zero-order valence-electron chi connectivity index (χ0n) is 20.3. The van der Waals surface area contributed by atoms with Crippen molar-refractivity contribution in [2.24, 2.45) is 10.2 Å². The molecule has 0 aliphatic heterocycles. The molecular formula is C20H11ClF2N6Na2O7S2. The van der Waals surface area contributed by atoms with Crippen molar-refractivity contribution in [3.63, 3.8) is 0 Å². The minimum absolute atomic E-state index is 0. The molecule has 1 aromatic heterocycles. The molecular weight excluding hydrogens is 620 g/mol. The number of nitrogens with one attached hydrogen (secondary N) is 1. The monoisotopic (exact) mass is 630 g/mol. The summed E-state index contributed by atoms with van der Waals surface area (Å²) < 4.78 is 35.8. The molecule has 0 saturated heterocycles. The predicted octanol–water partition coefficient (Wildman–Crippen LogP) is -1.52. The third-order valence-electron chi connectivity index (χ3n) is 4.65. The number of hydrogen-bond acceptors (Lipinski definition) is 15. The molecule has 1 heterocycles. The molecule has 4 aromatic rings. The van der Waals surface area contributed by atoms with E-state index in [0.717, 1.165) is 0 Å². The van der Waals surface area contributed by atoms with E-state index >= 15 is 0 Å². The number of aromatic hydroxyl groups is 1. The number of rotatable bonds is 10. The van der Waals surface area contributed by atoms with E-state index < -0.39 is 17.0 Å². The summed E-state index contributed by atoms with van der Waals surface area (Å²) in [6.07, 6.45) is -1.35. The van der Waals surface area contributed by atoms with Crippen LogP contribution in [0.2, 0.25) is 5.02 Å². The number of phenols is 1. The van der Waals surface area contributed by atoms with Crippen molar-refractivity contribution in [1.82, 2.24) is 9.97 Å². The summed E-state index contributed by atoms with van der Waals surface area (Å²) in [7, 11) is 0. The normalized spacial score (nSPS) is 10.9. The number of fused-ring (bicyclic) bond motifs is 1. The SMILES string of the molecule is Nc1ccc2cc(SOO[O-])cc(O)c2c1N=Nc1cc(Nc2nc(F)nc(F)c2Cl)ccc1SOO[O-].[Na+].[Na+]. The average Bonchev–Trinajstić information content (AvgIpc) is 2.89. The molecule has 3 aromatic carbocycles. The first-order valence-corrected chi connectivity index (χ1v) is 11.7. The third-order valence-corrected chi connectivity index (χ3v) is 6.18. The van der Waals surface area contributed by atoms with Crippen LogP contribution in [-0.2, 0) is 18.7 Å². The van der Waals surface area contributed by atoms with Crippen LogP contribution in [0.3, 0.4) is 0 Å². The van der Waals surface area contributed by atoms with E-state index in [9.17, 15) is 24.4 Å². The van der Waals surface area contributed by atoms with Crippen LogP contribution < -0.4 is 80.7 Å². The Morgan fingerprint density at radius 2 is 1.70 bits per heavy atom. The number of nitrogen functional groups attached to an aromatic ring is 1. The van der Waals surface area contributed by atoms with Crippen LogP contribution in [0.5, 0.6) is 5.75 Å². The second-order valence-corrected chi connectivity index (χ2v) is 8.83. The Balaban J connectivity index is 0.00000280. The van der Waals surface area contributed by atoms with Crippen molar-refractivity contribution in [3.8, 4) is 5.75 Å². The fourth-order valence-corrected chi connectivity index (χ4v) is 4.12. The molecule has 0 radical (unpaired) electrons. The quantitative estimate of drug-likeness (QED) is 0.0268. The standard InChI is InChI=1S/C20H13ClF2N6O7S2.2Na/c21-16-18(22)26-20(23)27-19(16)25-9-2-4-14(38-36-34-32)12(6-9)28-29-17-11(24)3-1-8-5-10(37-35-33-31)7-13(30)15(8)17;;/h1-7,30-32H,24H2,(H,25,26,27);;/q;2*+1/p-2. The third kappa shape index (κ3) is 8.57. The fraction of sp³-hybridized carbons (Fsp3) is 0. The van der Waals surface area contributed by atoms with E-state index in [1.807, 2.05) is 0 Å². The van der Waals surface area contributed by atoms with Crippen LogP contribution >= 0.6 is 35.7 Å². The van der Waals surface area contributed by atoms with E-state index in [1.165, 1.54) is 30.3 Å². The number of nitrogens with two attached hydrogens (primary N) is 1. The van der Waals surface area contributed by atoms with Crippen LogP contribution in [0.4, 0.5) is 37.3 Å². The van der Waals surface area contributed by atoms with Crippen molar-refractivity contribution < 1.29 is 102 Å². The molecule has 0 unspecified atom stereocenters. The van der Waals surface area contributed by atoms with Crippen LogP contribution in [0.1, 0.15) is 0 Å². The van der Waals surface area contributed by atoms with Crippen molar-refractivity contribution in [2.75, 3.05) is 11.1 Å². The molecule has 0 aliphatic carbocycles. The molecule has 0 spiro atoms. The Labute approximate surface area is 281 Å². The first-order valence-electron chi connectivity index (χ1n) is 9.83. The van der Waals surface area contributed by atoms with E-state index in [-0.39, 0.29) is 104 Å². The molecule has 20 heteroatoms. The number of halogens is 3. The molecule has 0 amide bonds. The molecule has 198 valence electrons. The van der Waals surface area contributed by atoms with Gasteiger partial charge in [-0.2, -0.15) is 27.4 Å². The van der Waals surface area contributed by atoms with Gasteiger partial charge >= 0.3 is 65.2 Å². The topological polar surface area (TPSA) is 192 Å². The van der Waals surface area contributed by atoms with Gasteiger partial charge in [0.15, 0.2) is 5.82 Å². The number of azo groups is 1. The summed E-state index contributed by atoms with van der Waals surface area (Å²) in [4.78, 5) is 6.89. The van der Waals surface area contributed by atoms with E-state index in [1.54, 1.807) is 12.1 Å². The number of anilines is 3. The fourth-order valence-electron chi connectivity index (χ4n) is 3.14. The zero-order valence-corrected chi connectivity index (χ0v) is 26.6. The summed E-state index contributed by atoms with van der Waals surface area (Å²) in [5.41, 5.74) is 6.59. The maximum atomic E-state index is 13.7. The Hall–Kier alpha value is -1.39. The van der Waals surface area contributed by atoms with Crippen molar-refractivity contribution in [1.29, 1.82) is 0 Å². The smallest absolute Gasteiger partial charge is 0.691 e. The summed E-state index contributed by atoms with van der Waals surface area (Å²) in [5.74, 6) is -1.88. The maximum Gasteiger partial charge on any atom is 1.00 e. The Bertz CT molecular complexity index is 1530. The summed E-state index contributed by atoms with van der Waals surface area (Å²) in [6.45, 7) is 0. The van der Waals surface area contributed by atoms with Gasteiger partial charge in [0.1, 0.15) is 22.1 Å². The number of benzene rings is 3. The number of phenolic OH excluding ortho intramolecular Hbond substituents is 1. The summed E-state index contributed by atoms with van der Waals surface area (Å²) >= 11 is 6.89. The van der Waals surface area contributed by atoms with Gasteiger partial charge in [-0.1, -0.05) is 17.7 Å². The van der Waals surface area contributed by atoms with Gasteiger partial charge in [0, 0.05) is 10.6 Å². The van der Waals surface area contributed by atoms with Gasteiger partial charge < -0.3 is 26.7 Å². The van der Waals surface area contributed by atoms with Gasteiger partial charge in [0.2, 0.25) is 5.95 Å². The van der Waals surface area contributed by atoms with E-state index in [2.05, 4.69) is 44.3 Å². The molecule has 4 N–H and O–H groups in total. The average molecular weight is 631 g/mol. The Kier molecular flexibility index (Phi) is 14.2. The minimum atomic E-state index is -1.35. The van der Waals surface area contributed by atoms with Crippen molar-refractivity contribution in [3.05, 3.63) is 59.5 Å². The number of hydrogen-bond donors (Lipinski definition) is 3. The van der Waals surface area contributed by atoms with Gasteiger partial charge in [-0.3, -0.25) is 10.1 Å². The summed E-state index contributed by atoms with van der Waals surface area (Å²) in [6, 6.07) is 10.2. The van der Waals surface area contributed by atoms with Crippen LogP contribution in [0.25, 0.3) is 10.8 Å². The predicted molar refractivity (Wildman–Crippen MR) is 127 cm³/mol. The van der Waals surface area contributed by atoms with Crippen LogP contribution in [-0.4, -0.2) is 15.1 Å². The molecule has 40 heavy (non-hydrogen) atoms. The first-order chi connectivity index (χ1) is 18.3. The number of nitrogens with zero attached hydrogens (tertiary/aromatic N) is 4. The van der Waals surface area contributed by atoms with Gasteiger partial charge in [-0.05, 0) is 41.8 Å². The molecule has 4 rings (SSSR count). The molecule has 0 saturated carbocycles. The largest absolute Gasteiger partial charge is 1.00 e. The molecule has 0 atom stereocenters. The van der Waals surface area contributed by atoms with Gasteiger partial charge in [0.25, 0.3) is 0 Å². The second kappa shape index (κ2) is 16.3. The molecule has 13 nitrogen and oxygen atoms in total. The summed E-state index contributed by atoms with van der Waals surface area (Å²) in [5, 5.41) is 48.8. The van der Waals surface area contributed by atoms with Crippen molar-refractivity contribution in [2.45, 2.75) is 9.79 Å². The maximum absolute atomic E-state index is 13.7. The Morgan fingerprint density at radius 3 is 2.42 bits per heavy atom. The number of aromatic nitrogens is 2. The molecule has 0 fully saturated rings. The second-order valence-electron chi connectivity index (χ2n) is 6.94. The van der Waals surface area contributed by atoms with Gasteiger partial charge in [-0.15, -0.1) is 10.2 Å². The zero-order chi connectivity index (χ0) is 27.2. The molecule has 0 aliphatic rings. The van der Waals surface area contributed by atoms with Crippen molar-refractivity contribution >= 4 is 75.0 Å². The van der Waals surface area contributed by atoms with Gasteiger partial charge in [-0.25, -0.2) is 0 Å². The first kappa shape index (κ1) is 34.8. The van der Waals surface area contributed by atoms with E-state index in [4.69, 9.17) is 17.3 Å². The van der Waals surface area contributed by atoms with E-state index in [0.29, 0.717) is 34.4 Å². The minimum Gasteiger partial charge on any atom is -0.691 e. The molecule has 0 bridgehead atoms. The van der Waals surface area contributed by atoms with Crippen LogP contribution in [0, 0.1) is 12.0 Å².